The van der Waals surface area contributed by atoms with Crippen molar-refractivity contribution in [1.82, 2.24) is 0 Å². The van der Waals surface area contributed by atoms with E-state index in [-0.39, 0.29) is 13.2 Å². The molecule has 14 heteroatoms. The van der Waals surface area contributed by atoms with Crippen LogP contribution in [0.15, 0.2) is 0 Å². The first-order valence-corrected chi connectivity index (χ1v) is 13.2. The molecule has 3 heterocycles. The highest BCUT2D eigenvalue weighted by molar-refractivity contribution is 4.94. The second kappa shape index (κ2) is 13.2. The Kier molecular flexibility index (Phi) is 10.5. The maximum absolute atomic E-state index is 10.3. The fourth-order valence-corrected chi connectivity index (χ4v) is 5.49. The van der Waals surface area contributed by atoms with Crippen LogP contribution in [0.2, 0.25) is 0 Å². The molecule has 0 spiro atoms. The molecular formula is C23H43N3O11. The summed E-state index contributed by atoms with van der Waals surface area (Å²) in [6, 6.07) is -1.47. The number of hydrogen-bond donors (Lipinski definition) is 8. The third kappa shape index (κ3) is 6.78. The van der Waals surface area contributed by atoms with Crippen molar-refractivity contribution in [2.24, 2.45) is 17.2 Å². The first-order valence-electron chi connectivity index (χ1n) is 13.2. The van der Waals surface area contributed by atoms with E-state index in [4.69, 9.17) is 45.6 Å². The van der Waals surface area contributed by atoms with Gasteiger partial charge in [0.05, 0.1) is 43.7 Å². The van der Waals surface area contributed by atoms with Gasteiger partial charge in [0.1, 0.15) is 30.5 Å². The van der Waals surface area contributed by atoms with Crippen LogP contribution < -0.4 is 17.2 Å². The average molecular weight is 538 g/mol. The molecule has 4 aliphatic rings. The Labute approximate surface area is 215 Å². The van der Waals surface area contributed by atoms with Crippen molar-refractivity contribution in [2.75, 3.05) is 19.8 Å². The van der Waals surface area contributed by atoms with Gasteiger partial charge in [-0.05, 0) is 25.7 Å². The number of nitrogens with two attached hydrogens (primary N) is 3. The minimum Gasteiger partial charge on any atom is -0.394 e. The molecule has 0 amide bonds. The van der Waals surface area contributed by atoms with Gasteiger partial charge in [0.25, 0.3) is 0 Å². The predicted octanol–water partition coefficient (Wildman–Crippen LogP) is -3.65. The highest BCUT2D eigenvalue weighted by Gasteiger charge is 2.47. The zero-order valence-corrected chi connectivity index (χ0v) is 20.9. The fourth-order valence-electron chi connectivity index (χ4n) is 5.49. The lowest BCUT2D eigenvalue weighted by Gasteiger charge is -2.44. The summed E-state index contributed by atoms with van der Waals surface area (Å²) in [5, 5.41) is 49.7. The third-order valence-electron chi connectivity index (χ3n) is 7.72. The van der Waals surface area contributed by atoms with Gasteiger partial charge in [-0.25, -0.2) is 0 Å². The molecule has 1 aliphatic carbocycles. The highest BCUT2D eigenvalue weighted by Crippen LogP contribution is 2.33. The van der Waals surface area contributed by atoms with E-state index in [1.807, 2.05) is 0 Å². The van der Waals surface area contributed by atoms with Crippen molar-refractivity contribution in [2.45, 2.75) is 124 Å². The molecule has 14 nitrogen and oxygen atoms in total. The molecule has 0 aromatic rings. The van der Waals surface area contributed by atoms with Crippen LogP contribution in [0.3, 0.4) is 0 Å². The number of aliphatic hydroxyl groups excluding tert-OH is 5. The molecule has 0 aromatic heterocycles. The first kappa shape index (κ1) is 29.4. The molecule has 4 rings (SSSR count). The molecule has 14 unspecified atom stereocenters. The smallest absolute Gasteiger partial charge is 0.176 e. The summed E-state index contributed by atoms with van der Waals surface area (Å²) in [5.74, 6) is 0. The summed E-state index contributed by atoms with van der Waals surface area (Å²) in [5.41, 5.74) is 18.1. The molecule has 216 valence electrons. The molecule has 0 bridgehead atoms. The summed E-state index contributed by atoms with van der Waals surface area (Å²) in [6.07, 6.45) is -6.19. The van der Waals surface area contributed by atoms with E-state index >= 15 is 0 Å². The van der Waals surface area contributed by atoms with E-state index in [1.54, 1.807) is 0 Å². The third-order valence-corrected chi connectivity index (χ3v) is 7.72. The van der Waals surface area contributed by atoms with E-state index in [0.717, 1.165) is 6.42 Å². The van der Waals surface area contributed by atoms with Gasteiger partial charge in [0, 0.05) is 25.4 Å². The van der Waals surface area contributed by atoms with E-state index in [1.165, 1.54) is 0 Å². The van der Waals surface area contributed by atoms with Crippen LogP contribution in [0.1, 0.15) is 38.5 Å². The van der Waals surface area contributed by atoms with Crippen LogP contribution in [-0.2, 0) is 28.4 Å². The Bertz CT molecular complexity index is 709. The van der Waals surface area contributed by atoms with Gasteiger partial charge >= 0.3 is 0 Å². The standard InChI is InChI=1S/C23H43N3O11/c24-7-14-11(29)4-5-17(34-14)33-13-6-18(35-15(13)8-27)32-12-3-1-2-10(25)22(12)37-23-19(26)21(31)20(30)16(9-28)36-23/h10-23,27-31H,1-9,24-26H2. The fraction of sp³-hybridized carbons (Fsp3) is 1.00. The first-order chi connectivity index (χ1) is 17.7. The van der Waals surface area contributed by atoms with Crippen LogP contribution in [0.25, 0.3) is 0 Å². The summed E-state index contributed by atoms with van der Waals surface area (Å²) in [6.45, 7) is -0.626. The molecule has 4 fully saturated rings. The highest BCUT2D eigenvalue weighted by atomic mass is 16.7. The second-order valence-corrected chi connectivity index (χ2v) is 10.3. The van der Waals surface area contributed by atoms with Gasteiger partial charge in [-0.2, -0.15) is 0 Å². The van der Waals surface area contributed by atoms with Gasteiger partial charge < -0.3 is 71.2 Å². The molecule has 11 N–H and O–H groups in total. The predicted molar refractivity (Wildman–Crippen MR) is 126 cm³/mol. The Morgan fingerprint density at radius 1 is 0.730 bits per heavy atom. The number of rotatable bonds is 9. The molecule has 14 atom stereocenters. The van der Waals surface area contributed by atoms with Crippen LogP contribution >= 0.6 is 0 Å². The SMILES string of the molecule is NCC1OC(OC2CC(OC3CCCC(N)C3OC3OC(CO)C(O)C(O)C3N)OC2CO)CCC1O. The molecule has 0 radical (unpaired) electrons. The second-order valence-electron chi connectivity index (χ2n) is 10.3. The van der Waals surface area contributed by atoms with Gasteiger partial charge in [0.15, 0.2) is 18.9 Å². The normalized spacial score (nSPS) is 49.3. The lowest BCUT2D eigenvalue weighted by molar-refractivity contribution is -0.299. The Morgan fingerprint density at radius 2 is 1.43 bits per heavy atom. The van der Waals surface area contributed by atoms with Crippen molar-refractivity contribution in [3.8, 4) is 0 Å². The molecule has 3 saturated heterocycles. The van der Waals surface area contributed by atoms with Crippen molar-refractivity contribution in [1.29, 1.82) is 0 Å². The van der Waals surface area contributed by atoms with Gasteiger partial charge in [-0.15, -0.1) is 0 Å². The Balaban J connectivity index is 1.36. The topological polar surface area (TPSA) is 235 Å². The van der Waals surface area contributed by atoms with Crippen molar-refractivity contribution < 1.29 is 54.0 Å². The zero-order valence-electron chi connectivity index (χ0n) is 20.9. The lowest BCUT2D eigenvalue weighted by atomic mass is 9.90. The summed E-state index contributed by atoms with van der Waals surface area (Å²) in [7, 11) is 0. The molecule has 37 heavy (non-hydrogen) atoms. The minimum atomic E-state index is -1.35. The quantitative estimate of drug-likeness (QED) is 0.142. The molecule has 0 aromatic carbocycles. The maximum atomic E-state index is 10.3. The van der Waals surface area contributed by atoms with Crippen LogP contribution in [-0.4, -0.2) is 131 Å². The van der Waals surface area contributed by atoms with E-state index in [9.17, 15) is 25.5 Å². The summed E-state index contributed by atoms with van der Waals surface area (Å²) < 4.78 is 35.7. The zero-order chi connectivity index (χ0) is 26.7. The Hall–Kier alpha value is -0.560. The molecule has 1 saturated carbocycles. The monoisotopic (exact) mass is 537 g/mol. The van der Waals surface area contributed by atoms with E-state index < -0.39 is 92.5 Å². The van der Waals surface area contributed by atoms with Crippen LogP contribution in [0.4, 0.5) is 0 Å². The number of aliphatic hydroxyl groups is 5. The van der Waals surface area contributed by atoms with Gasteiger partial charge in [-0.1, -0.05) is 0 Å². The van der Waals surface area contributed by atoms with Crippen LogP contribution in [0, 0.1) is 0 Å². The lowest BCUT2D eigenvalue weighted by Crippen LogP contribution is -2.64. The number of hydrogen-bond acceptors (Lipinski definition) is 14. The average Bonchev–Trinajstić information content (AvgIpc) is 3.28. The van der Waals surface area contributed by atoms with Gasteiger partial charge in [0.2, 0.25) is 0 Å². The van der Waals surface area contributed by atoms with Crippen LogP contribution in [0.5, 0.6) is 0 Å². The summed E-state index contributed by atoms with van der Waals surface area (Å²) >= 11 is 0. The molecular weight excluding hydrogens is 494 g/mol. The van der Waals surface area contributed by atoms with E-state index in [0.29, 0.717) is 32.1 Å². The minimum absolute atomic E-state index is 0.171. The number of ether oxygens (including phenoxy) is 6. The van der Waals surface area contributed by atoms with Crippen molar-refractivity contribution >= 4 is 0 Å². The maximum Gasteiger partial charge on any atom is 0.176 e. The van der Waals surface area contributed by atoms with E-state index in [2.05, 4.69) is 0 Å². The van der Waals surface area contributed by atoms with Crippen molar-refractivity contribution in [3.63, 3.8) is 0 Å². The largest absolute Gasteiger partial charge is 0.394 e. The molecule has 3 aliphatic heterocycles. The Morgan fingerprint density at radius 3 is 2.14 bits per heavy atom. The summed E-state index contributed by atoms with van der Waals surface area (Å²) in [4.78, 5) is 0. The van der Waals surface area contributed by atoms with Crippen molar-refractivity contribution in [3.05, 3.63) is 0 Å². The van der Waals surface area contributed by atoms with Gasteiger partial charge in [-0.3, -0.25) is 0 Å².